The van der Waals surface area contributed by atoms with Crippen LogP contribution in [-0.2, 0) is 6.18 Å². The number of para-hydroxylation sites is 1. The SMILES string of the molecule is CNC(=O)c1cccc2[nH]c(C(F)(F)F)nc12. The Morgan fingerprint density at radius 1 is 1.41 bits per heavy atom. The molecule has 0 saturated heterocycles. The highest BCUT2D eigenvalue weighted by Gasteiger charge is 2.35. The van der Waals surface area contributed by atoms with E-state index in [0.717, 1.165) is 0 Å². The summed E-state index contributed by atoms with van der Waals surface area (Å²) in [6, 6.07) is 4.34. The van der Waals surface area contributed by atoms with Crippen molar-refractivity contribution >= 4 is 16.9 Å². The number of fused-ring (bicyclic) bond motifs is 1. The van der Waals surface area contributed by atoms with Crippen molar-refractivity contribution in [1.29, 1.82) is 0 Å². The molecule has 0 unspecified atom stereocenters. The smallest absolute Gasteiger partial charge is 0.355 e. The molecule has 17 heavy (non-hydrogen) atoms. The summed E-state index contributed by atoms with van der Waals surface area (Å²) in [5.74, 6) is -1.58. The number of imidazole rings is 1. The predicted octanol–water partition coefficient (Wildman–Crippen LogP) is 1.94. The maximum absolute atomic E-state index is 12.4. The second kappa shape index (κ2) is 3.76. The molecule has 2 rings (SSSR count). The number of benzene rings is 1. The standard InChI is InChI=1S/C10H8F3N3O/c1-14-8(17)5-3-2-4-6-7(5)16-9(15-6)10(11,12)13/h2-4H,1H3,(H,14,17)(H,15,16). The molecule has 7 heteroatoms. The number of aromatic amines is 1. The van der Waals surface area contributed by atoms with Crippen molar-refractivity contribution in [3.63, 3.8) is 0 Å². The van der Waals surface area contributed by atoms with Crippen molar-refractivity contribution in [1.82, 2.24) is 15.3 Å². The number of amides is 1. The summed E-state index contributed by atoms with van der Waals surface area (Å²) in [5.41, 5.74) is 0.300. The minimum Gasteiger partial charge on any atom is -0.355 e. The summed E-state index contributed by atoms with van der Waals surface area (Å²) >= 11 is 0. The fraction of sp³-hybridized carbons (Fsp3) is 0.200. The molecule has 0 fully saturated rings. The summed E-state index contributed by atoms with van der Waals surface area (Å²) in [7, 11) is 1.40. The van der Waals surface area contributed by atoms with Crippen LogP contribution in [0.5, 0.6) is 0 Å². The molecule has 90 valence electrons. The zero-order valence-corrected chi connectivity index (χ0v) is 8.72. The average molecular weight is 243 g/mol. The molecule has 1 amide bonds. The highest BCUT2D eigenvalue weighted by Crippen LogP contribution is 2.29. The monoisotopic (exact) mass is 243 g/mol. The lowest BCUT2D eigenvalue weighted by molar-refractivity contribution is -0.144. The van der Waals surface area contributed by atoms with Gasteiger partial charge in [-0.05, 0) is 12.1 Å². The summed E-state index contributed by atoms with van der Waals surface area (Å²) in [5, 5.41) is 2.35. The molecule has 4 nitrogen and oxygen atoms in total. The van der Waals surface area contributed by atoms with E-state index < -0.39 is 17.9 Å². The Balaban J connectivity index is 2.65. The van der Waals surface area contributed by atoms with Crippen LogP contribution in [0.15, 0.2) is 18.2 Å². The molecular formula is C10H8F3N3O. The summed E-state index contributed by atoms with van der Waals surface area (Å²) in [6.07, 6.45) is -4.56. The number of rotatable bonds is 1. The summed E-state index contributed by atoms with van der Waals surface area (Å²) < 4.78 is 37.3. The van der Waals surface area contributed by atoms with Crippen molar-refractivity contribution in [3.8, 4) is 0 Å². The van der Waals surface area contributed by atoms with Crippen LogP contribution >= 0.6 is 0 Å². The third-order valence-electron chi connectivity index (χ3n) is 2.25. The summed E-state index contributed by atoms with van der Waals surface area (Å²) in [4.78, 5) is 17.0. The van der Waals surface area contributed by atoms with Gasteiger partial charge >= 0.3 is 6.18 Å². The van der Waals surface area contributed by atoms with Gasteiger partial charge in [-0.2, -0.15) is 13.2 Å². The molecule has 0 aliphatic rings. The first-order chi connectivity index (χ1) is 7.93. The number of carbonyl (C=O) groups is 1. The van der Waals surface area contributed by atoms with Crippen molar-refractivity contribution in [3.05, 3.63) is 29.6 Å². The van der Waals surface area contributed by atoms with Gasteiger partial charge in [0.25, 0.3) is 5.91 Å². The minimum absolute atomic E-state index is 0.0131. The maximum atomic E-state index is 12.4. The van der Waals surface area contributed by atoms with Gasteiger partial charge < -0.3 is 10.3 Å². The predicted molar refractivity (Wildman–Crippen MR) is 54.5 cm³/mol. The van der Waals surface area contributed by atoms with Crippen LogP contribution in [0.1, 0.15) is 16.2 Å². The molecule has 1 aromatic heterocycles. The first-order valence-corrected chi connectivity index (χ1v) is 4.71. The van der Waals surface area contributed by atoms with E-state index in [-0.39, 0.29) is 16.6 Å². The number of halogens is 3. The van der Waals surface area contributed by atoms with E-state index >= 15 is 0 Å². The van der Waals surface area contributed by atoms with Gasteiger partial charge in [0.1, 0.15) is 5.52 Å². The van der Waals surface area contributed by atoms with Gasteiger partial charge in [0.05, 0.1) is 11.1 Å². The lowest BCUT2D eigenvalue weighted by atomic mass is 10.2. The number of alkyl halides is 3. The van der Waals surface area contributed by atoms with Crippen LogP contribution < -0.4 is 5.32 Å². The van der Waals surface area contributed by atoms with Crippen LogP contribution in [0.2, 0.25) is 0 Å². The molecule has 2 aromatic rings. The molecule has 0 bridgehead atoms. The number of hydrogen-bond donors (Lipinski definition) is 2. The average Bonchev–Trinajstić information content (AvgIpc) is 2.71. The van der Waals surface area contributed by atoms with Gasteiger partial charge in [0.2, 0.25) is 5.82 Å². The van der Waals surface area contributed by atoms with Crippen molar-refractivity contribution < 1.29 is 18.0 Å². The molecule has 0 spiro atoms. The van der Waals surface area contributed by atoms with Crippen LogP contribution in [0.25, 0.3) is 11.0 Å². The number of carbonyl (C=O) groups excluding carboxylic acids is 1. The fourth-order valence-corrected chi connectivity index (χ4v) is 1.48. The summed E-state index contributed by atoms with van der Waals surface area (Å²) in [6.45, 7) is 0. The van der Waals surface area contributed by atoms with Gasteiger partial charge in [-0.25, -0.2) is 4.98 Å². The topological polar surface area (TPSA) is 57.8 Å². The van der Waals surface area contributed by atoms with Crippen molar-refractivity contribution in [2.75, 3.05) is 7.05 Å². The van der Waals surface area contributed by atoms with E-state index in [1.165, 1.54) is 25.2 Å². The Morgan fingerprint density at radius 2 is 2.12 bits per heavy atom. The number of hydrogen-bond acceptors (Lipinski definition) is 2. The normalized spacial score (nSPS) is 11.8. The van der Waals surface area contributed by atoms with E-state index in [1.807, 2.05) is 0 Å². The van der Waals surface area contributed by atoms with Crippen LogP contribution in [0.3, 0.4) is 0 Å². The lowest BCUT2D eigenvalue weighted by Gasteiger charge is -2.00. The van der Waals surface area contributed by atoms with Crippen LogP contribution in [-0.4, -0.2) is 22.9 Å². The minimum atomic E-state index is -4.56. The Kier molecular flexibility index (Phi) is 2.53. The third-order valence-corrected chi connectivity index (χ3v) is 2.25. The zero-order valence-electron chi connectivity index (χ0n) is 8.72. The van der Waals surface area contributed by atoms with Crippen LogP contribution in [0, 0.1) is 0 Å². The number of nitrogens with zero attached hydrogens (tertiary/aromatic N) is 1. The van der Waals surface area contributed by atoms with Crippen molar-refractivity contribution in [2.24, 2.45) is 0 Å². The number of aromatic nitrogens is 2. The van der Waals surface area contributed by atoms with Gasteiger partial charge in [0, 0.05) is 7.05 Å². The second-order valence-electron chi connectivity index (χ2n) is 3.36. The molecule has 0 saturated carbocycles. The zero-order chi connectivity index (χ0) is 12.6. The Morgan fingerprint density at radius 3 is 2.71 bits per heavy atom. The first-order valence-electron chi connectivity index (χ1n) is 4.71. The van der Waals surface area contributed by atoms with E-state index in [9.17, 15) is 18.0 Å². The third kappa shape index (κ3) is 1.95. The first kappa shape index (κ1) is 11.4. The Hall–Kier alpha value is -2.05. The molecule has 1 heterocycles. The highest BCUT2D eigenvalue weighted by molar-refractivity contribution is 6.04. The lowest BCUT2D eigenvalue weighted by Crippen LogP contribution is -2.18. The number of H-pyrrole nitrogens is 1. The van der Waals surface area contributed by atoms with Crippen LogP contribution in [0.4, 0.5) is 13.2 Å². The van der Waals surface area contributed by atoms with Gasteiger partial charge in [0.15, 0.2) is 0 Å². The van der Waals surface area contributed by atoms with Gasteiger partial charge in [-0.15, -0.1) is 0 Å². The number of nitrogens with one attached hydrogen (secondary N) is 2. The van der Waals surface area contributed by atoms with Crippen molar-refractivity contribution in [2.45, 2.75) is 6.18 Å². The largest absolute Gasteiger partial charge is 0.449 e. The van der Waals surface area contributed by atoms with E-state index in [2.05, 4.69) is 15.3 Å². The maximum Gasteiger partial charge on any atom is 0.449 e. The molecule has 0 aliphatic heterocycles. The molecule has 0 atom stereocenters. The highest BCUT2D eigenvalue weighted by atomic mass is 19.4. The fourth-order valence-electron chi connectivity index (χ4n) is 1.48. The van der Waals surface area contributed by atoms with E-state index in [4.69, 9.17) is 0 Å². The molecule has 0 aliphatic carbocycles. The Bertz CT molecular complexity index is 574. The van der Waals surface area contributed by atoms with Gasteiger partial charge in [-0.3, -0.25) is 4.79 Å². The Labute approximate surface area is 93.8 Å². The molecule has 0 radical (unpaired) electrons. The quantitative estimate of drug-likeness (QED) is 0.804. The van der Waals surface area contributed by atoms with Gasteiger partial charge in [-0.1, -0.05) is 6.07 Å². The van der Waals surface area contributed by atoms with E-state index in [0.29, 0.717) is 0 Å². The second-order valence-corrected chi connectivity index (χ2v) is 3.36. The molecular weight excluding hydrogens is 235 g/mol. The molecule has 1 aromatic carbocycles. The molecule has 2 N–H and O–H groups in total. The van der Waals surface area contributed by atoms with E-state index in [1.54, 1.807) is 0 Å².